The molecule has 0 saturated heterocycles. The molecule has 1 aromatic rings. The molecule has 0 aliphatic heterocycles. The highest BCUT2D eigenvalue weighted by Gasteiger charge is 2.15. The Labute approximate surface area is 82.8 Å². The van der Waals surface area contributed by atoms with Crippen molar-refractivity contribution in [1.29, 1.82) is 0 Å². The molecule has 78 valence electrons. The number of rotatable bonds is 4. The normalized spacial score (nSPS) is 11.4. The van der Waals surface area contributed by atoms with E-state index in [1.165, 1.54) is 6.07 Å². The van der Waals surface area contributed by atoms with Gasteiger partial charge in [-0.05, 0) is 24.1 Å². The molecular formula is C9H13O4P. The maximum Gasteiger partial charge on any atom is 0.524 e. The Morgan fingerprint density at radius 1 is 1.43 bits per heavy atom. The second kappa shape index (κ2) is 4.60. The molecule has 14 heavy (non-hydrogen) atoms. The zero-order chi connectivity index (χ0) is 10.6. The van der Waals surface area contributed by atoms with Gasteiger partial charge in [0.2, 0.25) is 0 Å². The summed E-state index contributed by atoms with van der Waals surface area (Å²) in [5.74, 6) is 0.212. The molecule has 4 nitrogen and oxygen atoms in total. The van der Waals surface area contributed by atoms with Crippen LogP contribution in [-0.4, -0.2) is 9.79 Å². The van der Waals surface area contributed by atoms with Crippen LogP contribution in [0.1, 0.15) is 18.9 Å². The first-order valence-electron chi connectivity index (χ1n) is 4.35. The Bertz CT molecular complexity index is 344. The predicted molar refractivity (Wildman–Crippen MR) is 53.1 cm³/mol. The third kappa shape index (κ3) is 3.92. The predicted octanol–water partition coefficient (Wildman–Crippen LogP) is 2.11. The van der Waals surface area contributed by atoms with Crippen LogP contribution in [0.2, 0.25) is 0 Å². The fourth-order valence-electron chi connectivity index (χ4n) is 1.18. The van der Waals surface area contributed by atoms with Crippen molar-refractivity contribution in [2.45, 2.75) is 19.8 Å². The second-order valence-electron chi connectivity index (χ2n) is 2.98. The van der Waals surface area contributed by atoms with Crippen LogP contribution in [0.4, 0.5) is 0 Å². The number of aryl methyl sites for hydroxylation is 1. The van der Waals surface area contributed by atoms with Gasteiger partial charge in [0, 0.05) is 0 Å². The highest BCUT2D eigenvalue weighted by atomic mass is 31.2. The Hall–Kier alpha value is -0.830. The van der Waals surface area contributed by atoms with E-state index in [0.29, 0.717) is 0 Å². The Kier molecular flexibility index (Phi) is 3.69. The quantitative estimate of drug-likeness (QED) is 0.756. The molecule has 0 unspecified atom stereocenters. The van der Waals surface area contributed by atoms with Gasteiger partial charge < -0.3 is 4.52 Å². The minimum absolute atomic E-state index is 0.212. The molecule has 1 aromatic carbocycles. The van der Waals surface area contributed by atoms with Crippen molar-refractivity contribution >= 4 is 7.82 Å². The third-order valence-corrected chi connectivity index (χ3v) is 2.11. The maximum atomic E-state index is 10.5. The van der Waals surface area contributed by atoms with E-state index < -0.39 is 7.82 Å². The topological polar surface area (TPSA) is 66.8 Å². The van der Waals surface area contributed by atoms with Gasteiger partial charge in [0.25, 0.3) is 0 Å². The van der Waals surface area contributed by atoms with Crippen LogP contribution >= 0.6 is 7.82 Å². The molecule has 5 heteroatoms. The second-order valence-corrected chi connectivity index (χ2v) is 4.14. The van der Waals surface area contributed by atoms with Gasteiger partial charge in [0.15, 0.2) is 0 Å². The Morgan fingerprint density at radius 3 is 2.71 bits per heavy atom. The average molecular weight is 216 g/mol. The summed E-state index contributed by atoms with van der Waals surface area (Å²) in [6.45, 7) is 2.04. The summed E-state index contributed by atoms with van der Waals surface area (Å²) in [6.07, 6.45) is 1.86. The number of phosphoric acid groups is 1. The van der Waals surface area contributed by atoms with Crippen LogP contribution < -0.4 is 4.52 Å². The monoisotopic (exact) mass is 216 g/mol. The minimum atomic E-state index is -4.43. The van der Waals surface area contributed by atoms with Crippen LogP contribution in [0, 0.1) is 0 Å². The molecule has 0 amide bonds. The van der Waals surface area contributed by atoms with Crippen molar-refractivity contribution in [3.05, 3.63) is 29.8 Å². The smallest absolute Gasteiger partial charge is 0.404 e. The lowest BCUT2D eigenvalue weighted by molar-refractivity contribution is 0.283. The summed E-state index contributed by atoms with van der Waals surface area (Å²) in [5, 5.41) is 0. The summed E-state index contributed by atoms with van der Waals surface area (Å²) in [7, 11) is -4.43. The zero-order valence-electron chi connectivity index (χ0n) is 7.88. The van der Waals surface area contributed by atoms with Crippen molar-refractivity contribution < 1.29 is 18.9 Å². The average Bonchev–Trinajstić information content (AvgIpc) is 2.02. The first-order chi connectivity index (χ1) is 6.51. The summed E-state index contributed by atoms with van der Waals surface area (Å²) in [5.41, 5.74) is 1.01. The molecule has 0 radical (unpaired) electrons. The lowest BCUT2D eigenvalue weighted by Crippen LogP contribution is -1.91. The van der Waals surface area contributed by atoms with E-state index >= 15 is 0 Å². The van der Waals surface area contributed by atoms with Crippen LogP contribution in [-0.2, 0) is 11.0 Å². The van der Waals surface area contributed by atoms with E-state index in [0.717, 1.165) is 18.4 Å². The van der Waals surface area contributed by atoms with Crippen molar-refractivity contribution in [1.82, 2.24) is 0 Å². The van der Waals surface area contributed by atoms with Gasteiger partial charge in [0.1, 0.15) is 5.75 Å². The molecule has 0 aromatic heterocycles. The van der Waals surface area contributed by atoms with E-state index in [2.05, 4.69) is 4.52 Å². The zero-order valence-corrected chi connectivity index (χ0v) is 8.78. The van der Waals surface area contributed by atoms with Gasteiger partial charge in [-0.15, -0.1) is 0 Å². The van der Waals surface area contributed by atoms with Gasteiger partial charge in [-0.1, -0.05) is 25.5 Å². The van der Waals surface area contributed by atoms with Crippen LogP contribution in [0.25, 0.3) is 0 Å². The van der Waals surface area contributed by atoms with E-state index in [4.69, 9.17) is 9.79 Å². The lowest BCUT2D eigenvalue weighted by atomic mass is 10.1. The molecule has 0 atom stereocenters. The van der Waals surface area contributed by atoms with E-state index in [9.17, 15) is 4.57 Å². The summed E-state index contributed by atoms with van der Waals surface area (Å²) in [4.78, 5) is 17.2. The molecule has 0 fully saturated rings. The van der Waals surface area contributed by atoms with Crippen molar-refractivity contribution in [3.8, 4) is 5.75 Å². The van der Waals surface area contributed by atoms with Gasteiger partial charge in [-0.2, -0.15) is 0 Å². The largest absolute Gasteiger partial charge is 0.524 e. The number of phosphoric ester groups is 1. The molecular weight excluding hydrogens is 203 g/mol. The number of hydrogen-bond donors (Lipinski definition) is 2. The van der Waals surface area contributed by atoms with Crippen molar-refractivity contribution in [2.24, 2.45) is 0 Å². The number of benzene rings is 1. The van der Waals surface area contributed by atoms with Crippen LogP contribution in [0.15, 0.2) is 24.3 Å². The van der Waals surface area contributed by atoms with E-state index in [1.807, 2.05) is 13.0 Å². The standard InChI is InChI=1S/C9H13O4P/c1-2-4-8-5-3-6-9(7-8)13-14(10,11)12/h3,5-7H,2,4H2,1H3,(H2,10,11,12). The first kappa shape index (κ1) is 11.2. The fraction of sp³-hybridized carbons (Fsp3) is 0.333. The molecule has 2 N–H and O–H groups in total. The molecule has 1 rings (SSSR count). The van der Waals surface area contributed by atoms with E-state index in [1.54, 1.807) is 12.1 Å². The highest BCUT2D eigenvalue weighted by molar-refractivity contribution is 7.46. The summed E-state index contributed by atoms with van der Waals surface area (Å²) in [6, 6.07) is 6.78. The molecule has 0 spiro atoms. The SMILES string of the molecule is CCCc1cccc(OP(=O)(O)O)c1. The van der Waals surface area contributed by atoms with Crippen LogP contribution in [0.5, 0.6) is 5.75 Å². The van der Waals surface area contributed by atoms with Crippen molar-refractivity contribution in [2.75, 3.05) is 0 Å². The van der Waals surface area contributed by atoms with Gasteiger partial charge in [-0.25, -0.2) is 4.57 Å². The Morgan fingerprint density at radius 2 is 2.14 bits per heavy atom. The minimum Gasteiger partial charge on any atom is -0.404 e. The molecule has 0 heterocycles. The molecule has 0 aliphatic carbocycles. The first-order valence-corrected chi connectivity index (χ1v) is 5.88. The molecule has 0 bridgehead atoms. The third-order valence-electron chi connectivity index (χ3n) is 1.66. The Balaban J connectivity index is 2.78. The summed E-state index contributed by atoms with van der Waals surface area (Å²) >= 11 is 0. The summed E-state index contributed by atoms with van der Waals surface area (Å²) < 4.78 is 15.0. The highest BCUT2D eigenvalue weighted by Crippen LogP contribution is 2.37. The maximum absolute atomic E-state index is 10.5. The molecule has 0 aliphatic rings. The van der Waals surface area contributed by atoms with Gasteiger partial charge >= 0.3 is 7.82 Å². The molecule has 0 saturated carbocycles. The number of hydrogen-bond acceptors (Lipinski definition) is 2. The fourth-order valence-corrected chi connectivity index (χ4v) is 1.57. The van der Waals surface area contributed by atoms with Gasteiger partial charge in [-0.3, -0.25) is 9.79 Å². The van der Waals surface area contributed by atoms with E-state index in [-0.39, 0.29) is 5.75 Å². The van der Waals surface area contributed by atoms with Crippen molar-refractivity contribution in [3.63, 3.8) is 0 Å². The lowest BCUT2D eigenvalue weighted by Gasteiger charge is -2.07. The van der Waals surface area contributed by atoms with Crippen LogP contribution in [0.3, 0.4) is 0 Å². The van der Waals surface area contributed by atoms with Gasteiger partial charge in [0.05, 0.1) is 0 Å².